The van der Waals surface area contributed by atoms with Gasteiger partial charge in [0.05, 0.1) is 22.6 Å². The number of amides is 1. The molecule has 1 atom stereocenters. The number of piperazine rings is 1. The second-order valence-corrected chi connectivity index (χ2v) is 9.07. The number of hydrogen-bond donors (Lipinski definition) is 0. The van der Waals surface area contributed by atoms with Crippen molar-refractivity contribution in [2.24, 2.45) is 7.05 Å². The van der Waals surface area contributed by atoms with Crippen LogP contribution in [0.2, 0.25) is 0 Å². The van der Waals surface area contributed by atoms with E-state index in [1.807, 2.05) is 6.92 Å². The molecule has 0 aliphatic carbocycles. The van der Waals surface area contributed by atoms with E-state index in [1.54, 1.807) is 29.7 Å². The highest BCUT2D eigenvalue weighted by Gasteiger charge is 2.33. The van der Waals surface area contributed by atoms with Crippen molar-refractivity contribution in [2.75, 3.05) is 26.2 Å². The van der Waals surface area contributed by atoms with Gasteiger partial charge in [-0.05, 0) is 29.8 Å². The molecule has 1 amide bonds. The quantitative estimate of drug-likeness (QED) is 0.694. The summed E-state index contributed by atoms with van der Waals surface area (Å²) in [6, 6.07) is -0.442. The second-order valence-electron chi connectivity index (χ2n) is 6.28. The first kappa shape index (κ1) is 19.1. The number of halogens is 1. The average Bonchev–Trinajstić information content (AvgIpc) is 3.21. The molecule has 9 nitrogen and oxygen atoms in total. The van der Waals surface area contributed by atoms with Crippen molar-refractivity contribution in [1.29, 1.82) is 0 Å². The summed E-state index contributed by atoms with van der Waals surface area (Å²) in [4.78, 5) is 14.6. The molecule has 3 rings (SSSR count). The molecular weight excluding hydrogens is 424 g/mol. The molecule has 142 valence electrons. The highest BCUT2D eigenvalue weighted by atomic mass is 79.9. The number of carbonyl (C=O) groups is 1. The highest BCUT2D eigenvalue weighted by Crippen LogP contribution is 2.21. The molecule has 0 aromatic carbocycles. The zero-order valence-corrected chi connectivity index (χ0v) is 17.2. The van der Waals surface area contributed by atoms with Crippen molar-refractivity contribution < 1.29 is 13.2 Å². The molecule has 11 heteroatoms. The van der Waals surface area contributed by atoms with Crippen LogP contribution in [0.4, 0.5) is 0 Å². The molecule has 1 aliphatic rings. The van der Waals surface area contributed by atoms with E-state index in [-0.39, 0.29) is 23.9 Å². The van der Waals surface area contributed by atoms with Crippen molar-refractivity contribution in [1.82, 2.24) is 28.8 Å². The topological polar surface area (TPSA) is 93.3 Å². The van der Waals surface area contributed by atoms with Crippen LogP contribution in [0.25, 0.3) is 0 Å². The van der Waals surface area contributed by atoms with E-state index in [0.717, 1.165) is 10.2 Å². The number of nitrogens with zero attached hydrogens (tertiary/aromatic N) is 6. The van der Waals surface area contributed by atoms with Crippen LogP contribution in [0.1, 0.15) is 18.7 Å². The number of aromatic nitrogens is 4. The summed E-state index contributed by atoms with van der Waals surface area (Å²) in [5.41, 5.74) is 0.878. The number of aryl methyl sites for hydroxylation is 1. The van der Waals surface area contributed by atoms with Crippen LogP contribution in [0.3, 0.4) is 0 Å². The van der Waals surface area contributed by atoms with E-state index >= 15 is 0 Å². The summed E-state index contributed by atoms with van der Waals surface area (Å²) in [6.45, 7) is 4.91. The third-order valence-electron chi connectivity index (χ3n) is 4.58. The lowest BCUT2D eigenvalue weighted by Gasteiger charge is -2.35. The molecule has 1 fully saturated rings. The van der Waals surface area contributed by atoms with Crippen LogP contribution in [0, 0.1) is 6.92 Å². The molecular formula is C15H21BrN6O3S. The molecule has 2 aromatic rings. The molecule has 3 heterocycles. The number of carbonyl (C=O) groups excluding carboxylic acids is 1. The van der Waals surface area contributed by atoms with E-state index in [2.05, 4.69) is 26.1 Å². The maximum atomic E-state index is 12.8. The van der Waals surface area contributed by atoms with Crippen LogP contribution in [0.5, 0.6) is 0 Å². The summed E-state index contributed by atoms with van der Waals surface area (Å²) in [5, 5.41) is 8.15. The van der Waals surface area contributed by atoms with Crippen molar-refractivity contribution in [3.05, 3.63) is 28.8 Å². The van der Waals surface area contributed by atoms with Gasteiger partial charge in [0.25, 0.3) is 0 Å². The Morgan fingerprint density at radius 2 is 1.85 bits per heavy atom. The minimum absolute atomic E-state index is 0.0675. The monoisotopic (exact) mass is 444 g/mol. The van der Waals surface area contributed by atoms with Gasteiger partial charge in [0, 0.05) is 39.4 Å². The Balaban J connectivity index is 1.66. The third-order valence-corrected chi connectivity index (χ3v) is 7.21. The lowest BCUT2D eigenvalue weighted by Crippen LogP contribution is -2.51. The Hall–Kier alpha value is -1.72. The molecule has 26 heavy (non-hydrogen) atoms. The largest absolute Gasteiger partial charge is 0.338 e. The van der Waals surface area contributed by atoms with Crippen molar-refractivity contribution in [3.63, 3.8) is 0 Å². The van der Waals surface area contributed by atoms with Crippen LogP contribution < -0.4 is 0 Å². The van der Waals surface area contributed by atoms with Gasteiger partial charge >= 0.3 is 0 Å². The van der Waals surface area contributed by atoms with Gasteiger partial charge in [-0.15, -0.1) is 0 Å². The minimum atomic E-state index is -3.58. The van der Waals surface area contributed by atoms with Gasteiger partial charge < -0.3 is 4.90 Å². The molecule has 1 aliphatic heterocycles. The van der Waals surface area contributed by atoms with Gasteiger partial charge in [-0.1, -0.05) is 0 Å². The zero-order valence-electron chi connectivity index (χ0n) is 14.8. The first-order valence-corrected chi connectivity index (χ1v) is 10.4. The molecule has 0 saturated carbocycles. The molecule has 0 N–H and O–H groups in total. The Morgan fingerprint density at radius 1 is 1.19 bits per heavy atom. The fraction of sp³-hybridized carbons (Fsp3) is 0.533. The van der Waals surface area contributed by atoms with Crippen LogP contribution in [-0.2, 0) is 21.9 Å². The Bertz CT molecular complexity index is 914. The maximum Gasteiger partial charge on any atom is 0.247 e. The van der Waals surface area contributed by atoms with Crippen molar-refractivity contribution in [2.45, 2.75) is 24.8 Å². The fourth-order valence-electron chi connectivity index (χ4n) is 2.99. The minimum Gasteiger partial charge on any atom is -0.338 e. The average molecular weight is 445 g/mol. The smallest absolute Gasteiger partial charge is 0.247 e. The van der Waals surface area contributed by atoms with Gasteiger partial charge in [-0.25, -0.2) is 8.42 Å². The predicted molar refractivity (Wildman–Crippen MR) is 97.9 cm³/mol. The summed E-state index contributed by atoms with van der Waals surface area (Å²) < 4.78 is 30.6. The van der Waals surface area contributed by atoms with Gasteiger partial charge in [0.15, 0.2) is 0 Å². The number of rotatable bonds is 4. The van der Waals surface area contributed by atoms with Crippen molar-refractivity contribution in [3.8, 4) is 0 Å². The van der Waals surface area contributed by atoms with Gasteiger partial charge in [0.1, 0.15) is 10.9 Å². The van der Waals surface area contributed by atoms with E-state index in [0.29, 0.717) is 13.1 Å². The van der Waals surface area contributed by atoms with Crippen molar-refractivity contribution >= 4 is 31.9 Å². The van der Waals surface area contributed by atoms with E-state index in [1.165, 1.54) is 21.4 Å². The summed E-state index contributed by atoms with van der Waals surface area (Å²) >= 11 is 3.39. The molecule has 1 saturated heterocycles. The van der Waals surface area contributed by atoms with Crippen LogP contribution in [0.15, 0.2) is 28.0 Å². The van der Waals surface area contributed by atoms with E-state index in [4.69, 9.17) is 0 Å². The fourth-order valence-corrected chi connectivity index (χ4v) is 4.67. The predicted octanol–water partition coefficient (Wildman–Crippen LogP) is 0.782. The Morgan fingerprint density at radius 3 is 2.35 bits per heavy atom. The van der Waals surface area contributed by atoms with E-state index in [9.17, 15) is 13.2 Å². The maximum absolute atomic E-state index is 12.8. The third kappa shape index (κ3) is 3.42. The highest BCUT2D eigenvalue weighted by molar-refractivity contribution is 9.10. The van der Waals surface area contributed by atoms with Gasteiger partial charge in [0.2, 0.25) is 15.9 Å². The second kappa shape index (κ2) is 7.12. The SMILES string of the molecule is Cc1c(Br)cnn1C(C)C(=O)N1CCN(S(=O)(=O)c2cnn(C)c2)CC1. The zero-order chi connectivity index (χ0) is 19.1. The Kier molecular flexibility index (Phi) is 5.22. The Labute approximate surface area is 160 Å². The van der Waals surface area contributed by atoms with Crippen LogP contribution >= 0.6 is 15.9 Å². The summed E-state index contributed by atoms with van der Waals surface area (Å²) in [5.74, 6) is -0.0675. The molecule has 0 radical (unpaired) electrons. The number of hydrogen-bond acceptors (Lipinski definition) is 5. The lowest BCUT2D eigenvalue weighted by atomic mass is 10.2. The van der Waals surface area contributed by atoms with E-state index < -0.39 is 16.1 Å². The normalized spacial score (nSPS) is 17.5. The standard InChI is InChI=1S/C15H21BrN6O3S/c1-11-14(16)9-18-22(11)12(2)15(23)20-4-6-21(7-5-20)26(24,25)13-8-17-19(3)10-13/h8-10,12H,4-7H2,1-3H3. The lowest BCUT2D eigenvalue weighted by molar-refractivity contribution is -0.135. The molecule has 0 bridgehead atoms. The van der Waals surface area contributed by atoms with Gasteiger partial charge in [-0.2, -0.15) is 14.5 Å². The molecule has 0 spiro atoms. The summed E-state index contributed by atoms with van der Waals surface area (Å²) in [7, 11) is -1.90. The molecule has 1 unspecified atom stereocenters. The first-order valence-electron chi connectivity index (χ1n) is 8.19. The summed E-state index contributed by atoms with van der Waals surface area (Å²) in [6.07, 6.45) is 4.48. The first-order chi connectivity index (χ1) is 12.2. The van der Waals surface area contributed by atoms with Gasteiger partial charge in [-0.3, -0.25) is 14.2 Å². The van der Waals surface area contributed by atoms with Crippen LogP contribution in [-0.4, -0.2) is 69.3 Å². The number of sulfonamides is 1. The molecule has 2 aromatic heterocycles.